The Hall–Kier alpha value is -0.370. The molecule has 2 heteroatoms. The van der Waals surface area contributed by atoms with Crippen molar-refractivity contribution in [2.75, 3.05) is 13.1 Å². The molecule has 1 saturated carbocycles. The van der Waals surface area contributed by atoms with E-state index in [0.29, 0.717) is 11.8 Å². The van der Waals surface area contributed by atoms with E-state index < -0.39 is 0 Å². The van der Waals surface area contributed by atoms with Gasteiger partial charge in [0.2, 0.25) is 0 Å². The molecule has 2 aliphatic rings. The Labute approximate surface area is 73.9 Å². The van der Waals surface area contributed by atoms with E-state index >= 15 is 0 Å². The van der Waals surface area contributed by atoms with Crippen LogP contribution in [-0.4, -0.2) is 29.8 Å². The summed E-state index contributed by atoms with van der Waals surface area (Å²) in [5, 5.41) is 0. The van der Waals surface area contributed by atoms with Crippen LogP contribution in [0.25, 0.3) is 0 Å². The average molecular weight is 167 g/mol. The highest BCUT2D eigenvalue weighted by atomic mass is 16.1. The van der Waals surface area contributed by atoms with Gasteiger partial charge in [-0.25, -0.2) is 0 Å². The predicted octanol–water partition coefficient (Wildman–Crippen LogP) is 1.45. The minimum Gasteiger partial charge on any atom is -0.300 e. The summed E-state index contributed by atoms with van der Waals surface area (Å²) in [6, 6.07) is 0.599. The fourth-order valence-corrected chi connectivity index (χ4v) is 2.41. The number of hydrogen-bond donors (Lipinski definition) is 0. The molecule has 0 bridgehead atoms. The predicted molar refractivity (Wildman–Crippen MR) is 48.0 cm³/mol. The molecule has 0 aromatic heterocycles. The van der Waals surface area contributed by atoms with E-state index in [-0.39, 0.29) is 0 Å². The number of nitrogens with zero attached hydrogens (tertiary/aromatic N) is 1. The number of Topliss-reactive ketones (excluding diaryl/α,β-unsaturated/α-hetero) is 1. The molecule has 1 saturated heterocycles. The van der Waals surface area contributed by atoms with Gasteiger partial charge >= 0.3 is 0 Å². The van der Waals surface area contributed by atoms with Crippen molar-refractivity contribution in [3.8, 4) is 0 Å². The second-order valence-electron chi connectivity index (χ2n) is 4.32. The van der Waals surface area contributed by atoms with E-state index in [4.69, 9.17) is 0 Å². The summed E-state index contributed by atoms with van der Waals surface area (Å²) in [7, 11) is 0. The molecule has 1 aliphatic carbocycles. The summed E-state index contributed by atoms with van der Waals surface area (Å²) in [5.41, 5.74) is 0. The molecule has 2 atom stereocenters. The summed E-state index contributed by atoms with van der Waals surface area (Å²) in [6.07, 6.45) is 4.10. The fraction of sp³-hybridized carbons (Fsp3) is 0.900. The molecule has 68 valence electrons. The third-order valence-electron chi connectivity index (χ3n) is 3.19. The van der Waals surface area contributed by atoms with Crippen LogP contribution in [0.3, 0.4) is 0 Å². The number of carbonyl (C=O) groups excluding carboxylic acids is 1. The Balaban J connectivity index is 1.89. The molecule has 2 nitrogen and oxygen atoms in total. The highest BCUT2D eigenvalue weighted by molar-refractivity contribution is 5.81. The van der Waals surface area contributed by atoms with Crippen LogP contribution in [0.5, 0.6) is 0 Å². The minimum absolute atomic E-state index is 0.472. The molecule has 0 aromatic carbocycles. The Kier molecular flexibility index (Phi) is 2.18. The highest BCUT2D eigenvalue weighted by Gasteiger charge is 2.31. The van der Waals surface area contributed by atoms with Crippen LogP contribution < -0.4 is 0 Å². The second kappa shape index (κ2) is 3.17. The summed E-state index contributed by atoms with van der Waals surface area (Å²) < 4.78 is 0. The van der Waals surface area contributed by atoms with Gasteiger partial charge in [0.1, 0.15) is 5.78 Å². The zero-order valence-corrected chi connectivity index (χ0v) is 7.75. The van der Waals surface area contributed by atoms with Crippen molar-refractivity contribution in [3.05, 3.63) is 0 Å². The fourth-order valence-electron chi connectivity index (χ4n) is 2.41. The molecule has 1 heterocycles. The van der Waals surface area contributed by atoms with E-state index in [0.717, 1.165) is 25.2 Å². The standard InChI is InChI=1S/C10H17NO/c1-8-4-5-11(7-8)9-2-3-10(12)6-9/h8-9H,2-7H2,1H3. The normalized spacial score (nSPS) is 37.9. The van der Waals surface area contributed by atoms with Gasteiger partial charge < -0.3 is 0 Å². The number of ketones is 1. The van der Waals surface area contributed by atoms with E-state index in [1.165, 1.54) is 19.5 Å². The van der Waals surface area contributed by atoms with Crippen molar-refractivity contribution in [2.45, 2.75) is 38.6 Å². The maximum Gasteiger partial charge on any atom is 0.134 e. The lowest BCUT2D eigenvalue weighted by Crippen LogP contribution is -2.31. The number of likely N-dealkylation sites (tertiary alicyclic amines) is 1. The molecule has 12 heavy (non-hydrogen) atoms. The van der Waals surface area contributed by atoms with Gasteiger partial charge in [-0.1, -0.05) is 6.92 Å². The first-order chi connectivity index (χ1) is 5.75. The van der Waals surface area contributed by atoms with Crippen molar-refractivity contribution in [3.63, 3.8) is 0 Å². The van der Waals surface area contributed by atoms with Gasteiger partial charge in [-0.05, 0) is 25.3 Å². The molecule has 2 fully saturated rings. The van der Waals surface area contributed by atoms with Gasteiger partial charge in [-0.2, -0.15) is 0 Å². The first kappa shape index (κ1) is 8.24. The quantitative estimate of drug-likeness (QED) is 0.589. The van der Waals surface area contributed by atoms with Gasteiger partial charge in [-0.15, -0.1) is 0 Å². The highest BCUT2D eigenvalue weighted by Crippen LogP contribution is 2.26. The first-order valence-corrected chi connectivity index (χ1v) is 5.01. The van der Waals surface area contributed by atoms with Gasteiger partial charge in [0.05, 0.1) is 0 Å². The molecule has 1 aliphatic heterocycles. The Morgan fingerprint density at radius 1 is 1.42 bits per heavy atom. The molecule has 0 N–H and O–H groups in total. The minimum atomic E-state index is 0.472. The van der Waals surface area contributed by atoms with Gasteiger partial charge in [0.15, 0.2) is 0 Å². The maximum absolute atomic E-state index is 11.1. The number of hydrogen-bond acceptors (Lipinski definition) is 2. The first-order valence-electron chi connectivity index (χ1n) is 5.01. The van der Waals surface area contributed by atoms with Crippen LogP contribution in [0.15, 0.2) is 0 Å². The Bertz CT molecular complexity index is 190. The third-order valence-corrected chi connectivity index (χ3v) is 3.19. The van der Waals surface area contributed by atoms with E-state index in [1.807, 2.05) is 0 Å². The number of rotatable bonds is 1. The zero-order chi connectivity index (χ0) is 8.55. The molecule has 0 amide bonds. The van der Waals surface area contributed by atoms with Gasteiger partial charge in [0.25, 0.3) is 0 Å². The summed E-state index contributed by atoms with van der Waals surface area (Å²) >= 11 is 0. The molecule has 2 rings (SSSR count). The van der Waals surface area contributed by atoms with Crippen molar-refractivity contribution < 1.29 is 4.79 Å². The zero-order valence-electron chi connectivity index (χ0n) is 7.75. The van der Waals surface area contributed by atoms with Crippen LogP contribution in [0.4, 0.5) is 0 Å². The van der Waals surface area contributed by atoms with E-state index in [1.54, 1.807) is 0 Å². The smallest absolute Gasteiger partial charge is 0.134 e. The second-order valence-corrected chi connectivity index (χ2v) is 4.32. The largest absolute Gasteiger partial charge is 0.300 e. The van der Waals surface area contributed by atoms with Crippen LogP contribution >= 0.6 is 0 Å². The number of carbonyl (C=O) groups is 1. The SMILES string of the molecule is CC1CCN(C2CCC(=O)C2)C1. The van der Waals surface area contributed by atoms with Gasteiger partial charge in [0, 0.05) is 25.4 Å². The molecule has 0 spiro atoms. The van der Waals surface area contributed by atoms with Crippen LogP contribution in [0.1, 0.15) is 32.6 Å². The Morgan fingerprint density at radius 3 is 2.75 bits per heavy atom. The van der Waals surface area contributed by atoms with Crippen molar-refractivity contribution in [2.24, 2.45) is 5.92 Å². The van der Waals surface area contributed by atoms with Crippen molar-refractivity contribution in [1.29, 1.82) is 0 Å². The monoisotopic (exact) mass is 167 g/mol. The molecule has 0 aromatic rings. The third kappa shape index (κ3) is 1.53. The topological polar surface area (TPSA) is 20.3 Å². The van der Waals surface area contributed by atoms with Crippen LogP contribution in [0.2, 0.25) is 0 Å². The van der Waals surface area contributed by atoms with E-state index in [2.05, 4.69) is 11.8 Å². The van der Waals surface area contributed by atoms with Crippen molar-refractivity contribution in [1.82, 2.24) is 4.90 Å². The summed E-state index contributed by atoms with van der Waals surface area (Å²) in [5.74, 6) is 1.32. The van der Waals surface area contributed by atoms with Gasteiger partial charge in [-0.3, -0.25) is 9.69 Å². The molecular formula is C10H17NO. The van der Waals surface area contributed by atoms with Crippen molar-refractivity contribution >= 4 is 5.78 Å². The lowest BCUT2D eigenvalue weighted by atomic mass is 10.2. The molecule has 0 radical (unpaired) electrons. The lowest BCUT2D eigenvalue weighted by molar-refractivity contribution is -0.117. The Morgan fingerprint density at radius 2 is 2.25 bits per heavy atom. The molecule has 2 unspecified atom stereocenters. The summed E-state index contributed by atoms with van der Waals surface area (Å²) in [4.78, 5) is 13.6. The van der Waals surface area contributed by atoms with Crippen LogP contribution in [0, 0.1) is 5.92 Å². The summed E-state index contributed by atoms with van der Waals surface area (Å²) in [6.45, 7) is 4.74. The van der Waals surface area contributed by atoms with E-state index in [9.17, 15) is 4.79 Å². The lowest BCUT2D eigenvalue weighted by Gasteiger charge is -2.22. The average Bonchev–Trinajstić information content (AvgIpc) is 2.58. The maximum atomic E-state index is 11.1. The molecular weight excluding hydrogens is 150 g/mol. The van der Waals surface area contributed by atoms with Crippen LogP contribution in [-0.2, 0) is 4.79 Å².